The van der Waals surface area contributed by atoms with Crippen LogP contribution in [0.1, 0.15) is 12.1 Å². The van der Waals surface area contributed by atoms with Crippen molar-refractivity contribution in [2.75, 3.05) is 22.5 Å². The number of alkyl halides is 1. The molecule has 1 aliphatic rings. The quantitative estimate of drug-likeness (QED) is 0.822. The van der Waals surface area contributed by atoms with Crippen molar-refractivity contribution in [3.05, 3.63) is 16.2 Å². The molecule has 1 fully saturated rings. The number of carbonyl (C=O) groups is 1. The molecule has 6 heteroatoms. The second-order valence-corrected chi connectivity index (χ2v) is 5.69. The molecule has 1 atom stereocenters. The molecule has 1 aromatic heterocycles. The fraction of sp³-hybridized carbons (Fsp3) is 0.455. The largest absolute Gasteiger partial charge is 0.382 e. The average Bonchev–Trinajstić information content (AvgIpc) is 2.65. The lowest BCUT2D eigenvalue weighted by molar-refractivity contribution is -0.117. The zero-order valence-corrected chi connectivity index (χ0v) is 12.6. The molecular weight excluding hydrogens is 350 g/mol. The van der Waals surface area contributed by atoms with E-state index in [0.29, 0.717) is 30.4 Å². The van der Waals surface area contributed by atoms with Crippen molar-refractivity contribution in [2.24, 2.45) is 5.92 Å². The maximum atomic E-state index is 11.9. The fourth-order valence-electron chi connectivity index (χ4n) is 1.92. The van der Waals surface area contributed by atoms with E-state index in [1.54, 1.807) is 4.90 Å². The number of amides is 1. The molecular formula is C11H13Br2N3O. The van der Waals surface area contributed by atoms with Gasteiger partial charge in [-0.15, -0.1) is 0 Å². The van der Waals surface area contributed by atoms with E-state index in [2.05, 4.69) is 36.8 Å². The van der Waals surface area contributed by atoms with E-state index in [9.17, 15) is 4.79 Å². The lowest BCUT2D eigenvalue weighted by Gasteiger charge is -2.18. The molecule has 0 radical (unpaired) electrons. The SMILES string of the molecule is Cc1nc(N)c(N2CC(CBr)CC2=O)cc1Br. The third-order valence-electron chi connectivity index (χ3n) is 2.87. The van der Waals surface area contributed by atoms with Crippen LogP contribution in [0.3, 0.4) is 0 Å². The van der Waals surface area contributed by atoms with Crippen LogP contribution < -0.4 is 10.6 Å². The van der Waals surface area contributed by atoms with E-state index in [0.717, 1.165) is 15.5 Å². The summed E-state index contributed by atoms with van der Waals surface area (Å²) in [6, 6.07) is 1.87. The summed E-state index contributed by atoms with van der Waals surface area (Å²) in [5.74, 6) is 0.870. The van der Waals surface area contributed by atoms with Crippen molar-refractivity contribution in [1.29, 1.82) is 0 Å². The van der Waals surface area contributed by atoms with Gasteiger partial charge < -0.3 is 10.6 Å². The maximum absolute atomic E-state index is 11.9. The normalized spacial score (nSPS) is 20.1. The molecule has 1 unspecified atom stereocenters. The lowest BCUT2D eigenvalue weighted by Crippen LogP contribution is -2.26. The summed E-state index contributed by atoms with van der Waals surface area (Å²) in [4.78, 5) is 17.8. The fourth-order valence-corrected chi connectivity index (χ4v) is 2.66. The number of nitrogen functional groups attached to an aromatic ring is 1. The summed E-state index contributed by atoms with van der Waals surface area (Å²) in [5.41, 5.74) is 7.41. The van der Waals surface area contributed by atoms with Crippen LogP contribution in [0.4, 0.5) is 11.5 Å². The topological polar surface area (TPSA) is 59.2 Å². The van der Waals surface area contributed by atoms with Gasteiger partial charge in [0, 0.05) is 22.8 Å². The van der Waals surface area contributed by atoms with E-state index in [1.807, 2.05) is 13.0 Å². The van der Waals surface area contributed by atoms with E-state index >= 15 is 0 Å². The van der Waals surface area contributed by atoms with E-state index in [-0.39, 0.29) is 5.91 Å². The molecule has 17 heavy (non-hydrogen) atoms. The summed E-state index contributed by atoms with van der Waals surface area (Å²) in [6.07, 6.45) is 0.566. The number of hydrogen-bond donors (Lipinski definition) is 1. The first kappa shape index (κ1) is 12.8. The molecule has 0 aliphatic carbocycles. The van der Waals surface area contributed by atoms with Crippen molar-refractivity contribution in [1.82, 2.24) is 4.98 Å². The standard InChI is InChI=1S/C11H13Br2N3O/c1-6-8(13)3-9(11(14)15-6)16-5-7(4-12)2-10(16)17/h3,7H,2,4-5H2,1H3,(H2,14,15). The predicted molar refractivity (Wildman–Crippen MR) is 75.3 cm³/mol. The summed E-state index contributed by atoms with van der Waals surface area (Å²) in [6.45, 7) is 2.57. The summed E-state index contributed by atoms with van der Waals surface area (Å²) >= 11 is 6.83. The molecule has 0 aromatic carbocycles. The number of aromatic nitrogens is 1. The molecule has 4 nitrogen and oxygen atoms in total. The Morgan fingerprint density at radius 2 is 2.35 bits per heavy atom. The molecule has 2 N–H and O–H groups in total. The zero-order chi connectivity index (χ0) is 12.6. The molecule has 1 aliphatic heterocycles. The van der Waals surface area contributed by atoms with Crippen molar-refractivity contribution in [3.63, 3.8) is 0 Å². The van der Waals surface area contributed by atoms with Crippen LogP contribution in [0, 0.1) is 12.8 Å². The molecule has 0 spiro atoms. The Kier molecular flexibility index (Phi) is 3.73. The van der Waals surface area contributed by atoms with Crippen LogP contribution in [0.2, 0.25) is 0 Å². The predicted octanol–water partition coefficient (Wildman–Crippen LogP) is 2.48. The van der Waals surface area contributed by atoms with Crippen LogP contribution in [0.15, 0.2) is 10.5 Å². The molecule has 0 saturated carbocycles. The van der Waals surface area contributed by atoms with Gasteiger partial charge in [0.25, 0.3) is 0 Å². The van der Waals surface area contributed by atoms with Gasteiger partial charge in [0.1, 0.15) is 5.82 Å². The van der Waals surface area contributed by atoms with Gasteiger partial charge in [-0.1, -0.05) is 15.9 Å². The number of rotatable bonds is 2. The van der Waals surface area contributed by atoms with Crippen LogP contribution in [0.5, 0.6) is 0 Å². The third kappa shape index (κ3) is 2.47. The van der Waals surface area contributed by atoms with Gasteiger partial charge in [-0.05, 0) is 34.8 Å². The number of hydrogen-bond acceptors (Lipinski definition) is 3. The number of pyridine rings is 1. The first-order chi connectivity index (χ1) is 8.02. The summed E-state index contributed by atoms with van der Waals surface area (Å²) in [5, 5.41) is 0.829. The maximum Gasteiger partial charge on any atom is 0.227 e. The van der Waals surface area contributed by atoms with E-state index in [4.69, 9.17) is 5.73 Å². The number of anilines is 2. The van der Waals surface area contributed by atoms with Gasteiger partial charge in [-0.3, -0.25) is 4.79 Å². The van der Waals surface area contributed by atoms with Crippen molar-refractivity contribution >= 4 is 49.3 Å². The number of aryl methyl sites for hydroxylation is 1. The van der Waals surface area contributed by atoms with Gasteiger partial charge in [0.05, 0.1) is 11.4 Å². The number of nitrogens with two attached hydrogens (primary N) is 1. The summed E-state index contributed by atoms with van der Waals surface area (Å²) < 4.78 is 0.872. The highest BCUT2D eigenvalue weighted by Crippen LogP contribution is 2.32. The van der Waals surface area contributed by atoms with Crippen molar-refractivity contribution < 1.29 is 4.79 Å². The molecule has 1 aromatic rings. The zero-order valence-electron chi connectivity index (χ0n) is 9.41. The summed E-state index contributed by atoms with van der Waals surface area (Å²) in [7, 11) is 0. The first-order valence-electron chi connectivity index (χ1n) is 5.32. The van der Waals surface area contributed by atoms with Gasteiger partial charge in [-0.2, -0.15) is 0 Å². The van der Waals surface area contributed by atoms with Gasteiger partial charge in [0.2, 0.25) is 5.91 Å². The Labute approximate surface area is 117 Å². The molecule has 1 saturated heterocycles. The Morgan fingerprint density at radius 1 is 1.65 bits per heavy atom. The van der Waals surface area contributed by atoms with Crippen LogP contribution in [-0.2, 0) is 4.79 Å². The minimum Gasteiger partial charge on any atom is -0.382 e. The van der Waals surface area contributed by atoms with Crippen LogP contribution in [-0.4, -0.2) is 22.8 Å². The Bertz CT molecular complexity index is 464. The number of nitrogens with zero attached hydrogens (tertiary/aromatic N) is 2. The molecule has 2 heterocycles. The van der Waals surface area contributed by atoms with Crippen LogP contribution in [0.25, 0.3) is 0 Å². The monoisotopic (exact) mass is 361 g/mol. The Hall–Kier alpha value is -0.620. The minimum absolute atomic E-state index is 0.110. The Balaban J connectivity index is 2.35. The second kappa shape index (κ2) is 4.94. The first-order valence-corrected chi connectivity index (χ1v) is 7.23. The van der Waals surface area contributed by atoms with E-state index in [1.165, 1.54) is 0 Å². The highest BCUT2D eigenvalue weighted by molar-refractivity contribution is 9.10. The Morgan fingerprint density at radius 3 is 2.94 bits per heavy atom. The lowest BCUT2D eigenvalue weighted by atomic mass is 10.2. The minimum atomic E-state index is 0.110. The van der Waals surface area contributed by atoms with E-state index < -0.39 is 0 Å². The molecule has 2 rings (SSSR count). The second-order valence-electron chi connectivity index (χ2n) is 4.19. The van der Waals surface area contributed by atoms with Crippen molar-refractivity contribution in [2.45, 2.75) is 13.3 Å². The number of carbonyl (C=O) groups excluding carboxylic acids is 1. The van der Waals surface area contributed by atoms with Crippen molar-refractivity contribution in [3.8, 4) is 0 Å². The third-order valence-corrected chi connectivity index (χ3v) is 4.59. The highest BCUT2D eigenvalue weighted by atomic mass is 79.9. The number of halogens is 2. The average molecular weight is 363 g/mol. The van der Waals surface area contributed by atoms with Gasteiger partial charge in [-0.25, -0.2) is 4.98 Å². The van der Waals surface area contributed by atoms with Gasteiger partial charge >= 0.3 is 0 Å². The molecule has 0 bridgehead atoms. The molecule has 92 valence electrons. The highest BCUT2D eigenvalue weighted by Gasteiger charge is 2.31. The smallest absolute Gasteiger partial charge is 0.227 e. The molecule has 1 amide bonds. The van der Waals surface area contributed by atoms with Crippen LogP contribution >= 0.6 is 31.9 Å². The van der Waals surface area contributed by atoms with Gasteiger partial charge in [0.15, 0.2) is 0 Å².